The van der Waals surface area contributed by atoms with E-state index in [0.717, 1.165) is 32.1 Å². The molecule has 1 saturated heterocycles. The first-order valence-corrected chi connectivity index (χ1v) is 8.59. The number of amides is 2. The number of nitrogens with two attached hydrogens (primary N) is 2. The van der Waals surface area contributed by atoms with E-state index in [0.29, 0.717) is 37.6 Å². The third kappa shape index (κ3) is 4.58. The van der Waals surface area contributed by atoms with E-state index < -0.39 is 11.4 Å². The maximum atomic E-state index is 12.8. The minimum atomic E-state index is -0.691. The summed E-state index contributed by atoms with van der Waals surface area (Å²) < 4.78 is 0. The van der Waals surface area contributed by atoms with Crippen molar-refractivity contribution in [1.82, 2.24) is 9.88 Å². The van der Waals surface area contributed by atoms with E-state index >= 15 is 0 Å². The van der Waals surface area contributed by atoms with Crippen molar-refractivity contribution in [3.8, 4) is 0 Å². The molecule has 1 aromatic rings. The molecule has 0 bridgehead atoms. The van der Waals surface area contributed by atoms with Crippen LogP contribution in [0.2, 0.25) is 0 Å². The maximum absolute atomic E-state index is 12.8. The number of primary amides is 1. The van der Waals surface area contributed by atoms with Gasteiger partial charge in [0.25, 0.3) is 5.91 Å². The summed E-state index contributed by atoms with van der Waals surface area (Å²) in [6.45, 7) is 2.43. The molecule has 146 valence electrons. The van der Waals surface area contributed by atoms with Crippen LogP contribution in [0.5, 0.6) is 0 Å². The Hall–Kier alpha value is -1.57. The number of pyridine rings is 1. The van der Waals surface area contributed by atoms with E-state index in [9.17, 15) is 9.59 Å². The zero-order valence-electron chi connectivity index (χ0n) is 14.7. The SMILES string of the molecule is Cl.Cl.NC(=O)c1cccnc1N1CCN(C(=O)C2(N)CCCCC2)CC1. The summed E-state index contributed by atoms with van der Waals surface area (Å²) in [7, 11) is 0. The van der Waals surface area contributed by atoms with E-state index in [1.807, 2.05) is 9.80 Å². The lowest BCUT2D eigenvalue weighted by Gasteiger charge is -2.41. The number of piperazine rings is 1. The van der Waals surface area contributed by atoms with Crippen molar-refractivity contribution in [3.63, 3.8) is 0 Å². The molecule has 26 heavy (non-hydrogen) atoms. The van der Waals surface area contributed by atoms with Crippen LogP contribution in [0, 0.1) is 0 Å². The molecule has 0 spiro atoms. The molecule has 2 amide bonds. The quantitative estimate of drug-likeness (QED) is 0.791. The predicted octanol–water partition coefficient (Wildman–Crippen LogP) is 1.33. The number of aromatic nitrogens is 1. The van der Waals surface area contributed by atoms with Gasteiger partial charge < -0.3 is 21.3 Å². The molecule has 4 N–H and O–H groups in total. The molecule has 0 aromatic carbocycles. The van der Waals surface area contributed by atoms with E-state index in [1.165, 1.54) is 0 Å². The van der Waals surface area contributed by atoms with Crippen LogP contribution in [-0.4, -0.2) is 53.4 Å². The van der Waals surface area contributed by atoms with E-state index in [1.54, 1.807) is 18.3 Å². The fraction of sp³-hybridized carbons (Fsp3) is 0.588. The van der Waals surface area contributed by atoms with Crippen molar-refractivity contribution < 1.29 is 9.59 Å². The summed E-state index contributed by atoms with van der Waals surface area (Å²) in [5.74, 6) is 0.176. The predicted molar refractivity (Wildman–Crippen MR) is 106 cm³/mol. The number of carbonyl (C=O) groups is 2. The summed E-state index contributed by atoms with van der Waals surface area (Å²) in [5, 5.41) is 0. The molecular formula is C17H27Cl2N5O2. The monoisotopic (exact) mass is 403 g/mol. The highest BCUT2D eigenvalue weighted by molar-refractivity contribution is 5.97. The van der Waals surface area contributed by atoms with Crippen LogP contribution in [0.25, 0.3) is 0 Å². The first-order valence-electron chi connectivity index (χ1n) is 8.59. The van der Waals surface area contributed by atoms with E-state index in [4.69, 9.17) is 11.5 Å². The third-order valence-electron chi connectivity index (χ3n) is 5.09. The smallest absolute Gasteiger partial charge is 0.252 e. The topological polar surface area (TPSA) is 106 Å². The molecule has 1 aliphatic carbocycles. The number of hydrogen-bond donors (Lipinski definition) is 2. The highest BCUT2D eigenvalue weighted by Crippen LogP contribution is 2.28. The summed E-state index contributed by atoms with van der Waals surface area (Å²) in [6.07, 6.45) is 6.41. The molecule has 1 aromatic heterocycles. The lowest BCUT2D eigenvalue weighted by Crippen LogP contribution is -2.60. The first-order chi connectivity index (χ1) is 11.5. The molecule has 1 aliphatic heterocycles. The Balaban J connectivity index is 0.00000169. The minimum Gasteiger partial charge on any atom is -0.365 e. The van der Waals surface area contributed by atoms with Gasteiger partial charge in [0.15, 0.2) is 0 Å². The lowest BCUT2D eigenvalue weighted by molar-refractivity contribution is -0.138. The van der Waals surface area contributed by atoms with Gasteiger partial charge in [-0.2, -0.15) is 0 Å². The summed E-state index contributed by atoms with van der Waals surface area (Å²) >= 11 is 0. The zero-order chi connectivity index (χ0) is 17.2. The number of halogens is 2. The number of hydrogen-bond acceptors (Lipinski definition) is 5. The Morgan fingerprint density at radius 2 is 1.65 bits per heavy atom. The van der Waals surface area contributed by atoms with Gasteiger partial charge >= 0.3 is 0 Å². The van der Waals surface area contributed by atoms with Gasteiger partial charge in [0.1, 0.15) is 5.82 Å². The minimum absolute atomic E-state index is 0. The first kappa shape index (κ1) is 22.5. The number of nitrogens with zero attached hydrogens (tertiary/aromatic N) is 3. The average molecular weight is 404 g/mol. The van der Waals surface area contributed by atoms with E-state index in [-0.39, 0.29) is 30.7 Å². The van der Waals surface area contributed by atoms with Crippen LogP contribution in [-0.2, 0) is 4.79 Å². The third-order valence-corrected chi connectivity index (χ3v) is 5.09. The highest BCUT2D eigenvalue weighted by Gasteiger charge is 2.39. The average Bonchev–Trinajstić information content (AvgIpc) is 2.62. The van der Waals surface area contributed by atoms with Crippen LogP contribution in [0.4, 0.5) is 5.82 Å². The molecule has 0 unspecified atom stereocenters. The number of carbonyl (C=O) groups excluding carboxylic acids is 2. The second-order valence-corrected chi connectivity index (χ2v) is 6.73. The van der Waals surface area contributed by atoms with Crippen LogP contribution in [0.1, 0.15) is 42.5 Å². The molecule has 3 rings (SSSR count). The van der Waals surface area contributed by atoms with Gasteiger partial charge in [-0.25, -0.2) is 4.98 Å². The normalized spacial score (nSPS) is 19.1. The number of rotatable bonds is 3. The Bertz CT molecular complexity index is 629. The Morgan fingerprint density at radius 3 is 2.23 bits per heavy atom. The van der Waals surface area contributed by atoms with Gasteiger partial charge in [-0.15, -0.1) is 24.8 Å². The lowest BCUT2D eigenvalue weighted by atomic mass is 9.81. The van der Waals surface area contributed by atoms with Gasteiger partial charge in [0.05, 0.1) is 11.1 Å². The molecule has 0 radical (unpaired) electrons. The van der Waals surface area contributed by atoms with Gasteiger partial charge in [0, 0.05) is 32.4 Å². The fourth-order valence-corrected chi connectivity index (χ4v) is 3.67. The van der Waals surface area contributed by atoms with Gasteiger partial charge in [0.2, 0.25) is 5.91 Å². The molecule has 7 nitrogen and oxygen atoms in total. The fourth-order valence-electron chi connectivity index (χ4n) is 3.67. The van der Waals surface area contributed by atoms with Crippen molar-refractivity contribution in [1.29, 1.82) is 0 Å². The summed E-state index contributed by atoms with van der Waals surface area (Å²) in [4.78, 5) is 32.5. The molecular weight excluding hydrogens is 377 g/mol. The van der Waals surface area contributed by atoms with Crippen LogP contribution >= 0.6 is 24.8 Å². The largest absolute Gasteiger partial charge is 0.365 e. The summed E-state index contributed by atoms with van der Waals surface area (Å²) in [5.41, 5.74) is 11.5. The van der Waals surface area contributed by atoms with Gasteiger partial charge in [-0.1, -0.05) is 19.3 Å². The zero-order valence-corrected chi connectivity index (χ0v) is 16.4. The van der Waals surface area contributed by atoms with Crippen molar-refractivity contribution in [2.24, 2.45) is 11.5 Å². The molecule has 1 saturated carbocycles. The summed E-state index contributed by atoms with van der Waals surface area (Å²) in [6, 6.07) is 3.38. The number of anilines is 1. The van der Waals surface area contributed by atoms with Crippen molar-refractivity contribution >= 4 is 42.4 Å². The van der Waals surface area contributed by atoms with Gasteiger partial charge in [-0.3, -0.25) is 9.59 Å². The highest BCUT2D eigenvalue weighted by atomic mass is 35.5. The van der Waals surface area contributed by atoms with Crippen molar-refractivity contribution in [3.05, 3.63) is 23.9 Å². The molecule has 2 aliphatic rings. The van der Waals surface area contributed by atoms with Crippen LogP contribution < -0.4 is 16.4 Å². The molecule has 9 heteroatoms. The standard InChI is InChI=1S/C17H25N5O2.2ClH/c18-14(23)13-5-4-8-20-15(13)21-9-11-22(12-10-21)16(24)17(19)6-2-1-3-7-17;;/h4-5,8H,1-3,6-7,9-12,19H2,(H2,18,23);2*1H. The molecule has 0 atom stereocenters. The second kappa shape index (κ2) is 9.39. The maximum Gasteiger partial charge on any atom is 0.252 e. The van der Waals surface area contributed by atoms with Crippen molar-refractivity contribution in [2.45, 2.75) is 37.6 Å². The Labute approximate surface area is 166 Å². The second-order valence-electron chi connectivity index (χ2n) is 6.73. The van der Waals surface area contributed by atoms with Crippen LogP contribution in [0.3, 0.4) is 0 Å². The Morgan fingerprint density at radius 1 is 1.04 bits per heavy atom. The Kier molecular flexibility index (Phi) is 8.12. The van der Waals surface area contributed by atoms with E-state index in [2.05, 4.69) is 4.98 Å². The van der Waals surface area contributed by atoms with Crippen LogP contribution in [0.15, 0.2) is 18.3 Å². The van der Waals surface area contributed by atoms with Crippen molar-refractivity contribution in [2.75, 3.05) is 31.1 Å². The van der Waals surface area contributed by atoms with Gasteiger partial charge in [-0.05, 0) is 25.0 Å². The molecule has 2 fully saturated rings. The molecule has 2 heterocycles.